The number of ether oxygens (including phenoxy) is 1. The number of hydrogen-bond acceptors (Lipinski definition) is 6. The first-order valence-corrected chi connectivity index (χ1v) is 10.0. The summed E-state index contributed by atoms with van der Waals surface area (Å²) in [5.74, 6) is 0. The average molecular weight is 358 g/mol. The number of nitrogens with one attached hydrogen (secondary N) is 2. The number of aromatic nitrogens is 2. The molecule has 0 aliphatic carbocycles. The van der Waals surface area contributed by atoms with E-state index >= 15 is 0 Å². The van der Waals surface area contributed by atoms with Gasteiger partial charge in [0, 0.05) is 44.6 Å². The molecule has 0 radical (unpaired) electrons. The summed E-state index contributed by atoms with van der Waals surface area (Å²) in [6.07, 6.45) is 1.59. The topological polar surface area (TPSA) is 106 Å². The Hall–Kier alpha value is -1.25. The molecule has 2 aliphatic heterocycles. The molecule has 2 N–H and O–H groups in total. The number of H-pyrrole nitrogens is 1. The minimum absolute atomic E-state index is 0.224. The monoisotopic (exact) mass is 358 g/mol. The maximum atomic E-state index is 12.5. The smallest absolute Gasteiger partial charge is 0.330 e. The summed E-state index contributed by atoms with van der Waals surface area (Å²) in [4.78, 5) is 25.8. The number of morpholine rings is 1. The van der Waals surface area contributed by atoms with Gasteiger partial charge in [0.05, 0.1) is 12.7 Å². The Bertz CT molecular complexity index is 760. The van der Waals surface area contributed by atoms with Crippen molar-refractivity contribution in [3.05, 3.63) is 32.6 Å². The van der Waals surface area contributed by atoms with E-state index in [-0.39, 0.29) is 6.10 Å². The van der Waals surface area contributed by atoms with Crippen molar-refractivity contribution in [2.75, 3.05) is 39.5 Å². The van der Waals surface area contributed by atoms with Gasteiger partial charge >= 0.3 is 5.69 Å². The standard InChI is InChI=1S/C14H23N4O5P/c1-10-8-18(14(20)16-13(10)19)12-7-15-6-11(23-12)9-17-4-3-5-22-24(17,2)21/h8,11-12,15H,3-7,9H2,1-2H3,(H,16,19,20)/t11-,12?,24?/m0/s1. The van der Waals surface area contributed by atoms with E-state index < -0.39 is 25.0 Å². The van der Waals surface area contributed by atoms with Crippen molar-refractivity contribution in [1.82, 2.24) is 19.5 Å². The van der Waals surface area contributed by atoms with Crippen molar-refractivity contribution in [1.29, 1.82) is 0 Å². The van der Waals surface area contributed by atoms with E-state index in [1.54, 1.807) is 13.6 Å². The van der Waals surface area contributed by atoms with Gasteiger partial charge in [-0.25, -0.2) is 9.46 Å². The lowest BCUT2D eigenvalue weighted by Gasteiger charge is -2.38. The van der Waals surface area contributed by atoms with Crippen molar-refractivity contribution < 1.29 is 13.8 Å². The van der Waals surface area contributed by atoms with Crippen LogP contribution in [0.3, 0.4) is 0 Å². The Morgan fingerprint density at radius 3 is 2.92 bits per heavy atom. The number of aromatic amines is 1. The van der Waals surface area contributed by atoms with Crippen LogP contribution < -0.4 is 16.6 Å². The van der Waals surface area contributed by atoms with Crippen molar-refractivity contribution in [3.8, 4) is 0 Å². The van der Waals surface area contributed by atoms with Crippen molar-refractivity contribution >= 4 is 7.52 Å². The van der Waals surface area contributed by atoms with Crippen LogP contribution in [-0.4, -0.2) is 59.8 Å². The van der Waals surface area contributed by atoms with Crippen molar-refractivity contribution in [2.45, 2.75) is 25.7 Å². The molecule has 0 aromatic carbocycles. The zero-order valence-corrected chi connectivity index (χ0v) is 14.8. The van der Waals surface area contributed by atoms with Crippen LogP contribution in [0.2, 0.25) is 0 Å². The highest BCUT2D eigenvalue weighted by Gasteiger charge is 2.34. The molecule has 3 atom stereocenters. The van der Waals surface area contributed by atoms with Gasteiger partial charge in [0.1, 0.15) is 0 Å². The van der Waals surface area contributed by atoms with E-state index in [1.807, 2.05) is 4.67 Å². The predicted molar refractivity (Wildman–Crippen MR) is 88.5 cm³/mol. The molecule has 9 nitrogen and oxygen atoms in total. The molecule has 2 saturated heterocycles. The Morgan fingerprint density at radius 1 is 1.38 bits per heavy atom. The van der Waals surface area contributed by atoms with E-state index in [1.165, 1.54) is 10.8 Å². The van der Waals surface area contributed by atoms with Gasteiger partial charge in [-0.05, 0) is 13.3 Å². The predicted octanol–water partition coefficient (Wildman–Crippen LogP) is -0.123. The van der Waals surface area contributed by atoms with Gasteiger partial charge in [-0.2, -0.15) is 0 Å². The summed E-state index contributed by atoms with van der Waals surface area (Å²) in [5.41, 5.74) is -0.447. The lowest BCUT2D eigenvalue weighted by Crippen LogP contribution is -2.50. The second kappa shape index (κ2) is 6.93. The molecule has 2 unspecified atom stereocenters. The molecule has 10 heteroatoms. The van der Waals surface area contributed by atoms with E-state index in [2.05, 4.69) is 10.3 Å². The highest BCUT2D eigenvalue weighted by molar-refractivity contribution is 7.55. The van der Waals surface area contributed by atoms with Crippen LogP contribution in [-0.2, 0) is 13.8 Å². The zero-order chi connectivity index (χ0) is 17.3. The molecule has 0 spiro atoms. The fourth-order valence-corrected chi connectivity index (χ4v) is 4.59. The van der Waals surface area contributed by atoms with Gasteiger partial charge in [-0.1, -0.05) is 0 Å². The molecule has 3 heterocycles. The molecular formula is C14H23N4O5P. The van der Waals surface area contributed by atoms with Gasteiger partial charge in [-0.3, -0.25) is 18.9 Å². The van der Waals surface area contributed by atoms with Crippen LogP contribution in [0.1, 0.15) is 18.2 Å². The number of hydrogen-bond donors (Lipinski definition) is 2. The molecule has 1 aromatic rings. The summed E-state index contributed by atoms with van der Waals surface area (Å²) in [5, 5.41) is 3.23. The van der Waals surface area contributed by atoms with E-state index in [0.29, 0.717) is 38.3 Å². The summed E-state index contributed by atoms with van der Waals surface area (Å²) in [7, 11) is -2.77. The first kappa shape index (κ1) is 17.6. The average Bonchev–Trinajstić information content (AvgIpc) is 2.53. The molecule has 0 bridgehead atoms. The van der Waals surface area contributed by atoms with Gasteiger partial charge in [0.15, 0.2) is 6.23 Å². The van der Waals surface area contributed by atoms with Gasteiger partial charge < -0.3 is 14.6 Å². The molecule has 0 saturated carbocycles. The Morgan fingerprint density at radius 2 is 2.17 bits per heavy atom. The van der Waals surface area contributed by atoms with Gasteiger partial charge in [-0.15, -0.1) is 0 Å². The lowest BCUT2D eigenvalue weighted by molar-refractivity contribution is -0.0852. The second-order valence-electron chi connectivity index (χ2n) is 6.25. The lowest BCUT2D eigenvalue weighted by atomic mass is 10.2. The van der Waals surface area contributed by atoms with Crippen LogP contribution in [0.25, 0.3) is 0 Å². The van der Waals surface area contributed by atoms with Crippen LogP contribution >= 0.6 is 7.52 Å². The second-order valence-corrected chi connectivity index (χ2v) is 8.68. The van der Waals surface area contributed by atoms with Crippen molar-refractivity contribution in [3.63, 3.8) is 0 Å². The minimum atomic E-state index is -2.77. The summed E-state index contributed by atoms with van der Waals surface area (Å²) in [6, 6.07) is 0. The third-order valence-electron chi connectivity index (χ3n) is 4.32. The third kappa shape index (κ3) is 3.70. The van der Waals surface area contributed by atoms with Gasteiger partial charge in [0.25, 0.3) is 13.1 Å². The Kier molecular flexibility index (Phi) is 5.08. The van der Waals surface area contributed by atoms with E-state index in [9.17, 15) is 14.2 Å². The summed E-state index contributed by atoms with van der Waals surface area (Å²) in [6.45, 7) is 6.01. The molecular weight excluding hydrogens is 335 g/mol. The van der Waals surface area contributed by atoms with Crippen LogP contribution in [0, 0.1) is 6.92 Å². The highest BCUT2D eigenvalue weighted by Crippen LogP contribution is 2.49. The highest BCUT2D eigenvalue weighted by atomic mass is 31.2. The van der Waals surface area contributed by atoms with Gasteiger partial charge in [0.2, 0.25) is 0 Å². The fraction of sp³-hybridized carbons (Fsp3) is 0.714. The fourth-order valence-electron chi connectivity index (χ4n) is 2.98. The van der Waals surface area contributed by atoms with Crippen LogP contribution in [0.4, 0.5) is 0 Å². The first-order chi connectivity index (χ1) is 11.4. The molecule has 134 valence electrons. The molecule has 0 amide bonds. The largest absolute Gasteiger partial charge is 0.351 e. The minimum Gasteiger partial charge on any atom is -0.351 e. The molecule has 3 rings (SSSR count). The Labute approximate surface area is 139 Å². The maximum Gasteiger partial charge on any atom is 0.330 e. The number of rotatable bonds is 3. The molecule has 2 aliphatic rings. The zero-order valence-electron chi connectivity index (χ0n) is 13.9. The Balaban J connectivity index is 1.73. The third-order valence-corrected chi connectivity index (χ3v) is 6.37. The SMILES string of the molecule is Cc1cn(C2CNC[C@@H](CN3CCCOP3(C)=O)O2)c(=O)[nH]c1=O. The normalized spacial score (nSPS) is 31.9. The summed E-state index contributed by atoms with van der Waals surface area (Å²) >= 11 is 0. The number of aryl methyl sites for hydroxylation is 1. The quantitative estimate of drug-likeness (QED) is 0.726. The molecule has 24 heavy (non-hydrogen) atoms. The number of nitrogens with zero attached hydrogens (tertiary/aromatic N) is 2. The first-order valence-electron chi connectivity index (χ1n) is 8.02. The van der Waals surface area contributed by atoms with Crippen LogP contribution in [0.5, 0.6) is 0 Å². The summed E-state index contributed by atoms with van der Waals surface area (Å²) < 4.78 is 27.1. The van der Waals surface area contributed by atoms with Crippen molar-refractivity contribution in [2.24, 2.45) is 0 Å². The molecule has 1 aromatic heterocycles. The maximum absolute atomic E-state index is 12.5. The van der Waals surface area contributed by atoms with Crippen LogP contribution in [0.15, 0.2) is 15.8 Å². The van der Waals surface area contributed by atoms with E-state index in [4.69, 9.17) is 9.26 Å². The molecule has 2 fully saturated rings. The van der Waals surface area contributed by atoms with E-state index in [0.717, 1.165) is 6.42 Å².